The largest absolute Gasteiger partial charge is 0.378 e. The van der Waals surface area contributed by atoms with Crippen LogP contribution >= 0.6 is 0 Å². The van der Waals surface area contributed by atoms with Gasteiger partial charge in [0.25, 0.3) is 0 Å². The molecule has 0 unspecified atom stereocenters. The van der Waals surface area contributed by atoms with E-state index in [0.717, 1.165) is 11.4 Å². The first-order valence-corrected chi connectivity index (χ1v) is 3.09. The van der Waals surface area contributed by atoms with Crippen molar-refractivity contribution >= 4 is 0 Å². The number of hydrogen-bond donors (Lipinski definition) is 0. The molecule has 0 radical (unpaired) electrons. The van der Waals surface area contributed by atoms with Crippen LogP contribution in [0.1, 0.15) is 11.4 Å². The van der Waals surface area contributed by atoms with Gasteiger partial charge in [-0.05, 0) is 13.0 Å². The lowest BCUT2D eigenvalue weighted by Gasteiger charge is -1.97. The molecule has 0 saturated heterocycles. The van der Waals surface area contributed by atoms with E-state index < -0.39 is 0 Å². The van der Waals surface area contributed by atoms with E-state index in [1.54, 1.807) is 13.4 Å². The van der Waals surface area contributed by atoms with Gasteiger partial charge in [-0.15, -0.1) is 0 Å². The topological polar surface area (TPSA) is 35.0 Å². The van der Waals surface area contributed by atoms with Crippen molar-refractivity contribution < 1.29 is 4.74 Å². The van der Waals surface area contributed by atoms with Crippen molar-refractivity contribution in [2.24, 2.45) is 0 Å². The summed E-state index contributed by atoms with van der Waals surface area (Å²) in [6.07, 6.45) is 1.55. The number of ether oxygens (including phenoxy) is 1. The van der Waals surface area contributed by atoms with Crippen LogP contribution in [0.3, 0.4) is 0 Å². The Hall–Kier alpha value is -0.960. The Bertz CT molecular complexity index is 213. The summed E-state index contributed by atoms with van der Waals surface area (Å²) in [5.74, 6) is 0. The molecule has 54 valence electrons. The minimum absolute atomic E-state index is 0.559. The molecule has 10 heavy (non-hydrogen) atoms. The highest BCUT2D eigenvalue weighted by Crippen LogP contribution is 1.96. The number of methoxy groups -OCH3 is 1. The van der Waals surface area contributed by atoms with Crippen LogP contribution in [-0.2, 0) is 11.3 Å². The second kappa shape index (κ2) is 3.27. The van der Waals surface area contributed by atoms with Gasteiger partial charge in [-0.25, -0.2) is 9.97 Å². The molecule has 0 spiro atoms. The van der Waals surface area contributed by atoms with Crippen molar-refractivity contribution in [2.45, 2.75) is 13.5 Å². The summed E-state index contributed by atoms with van der Waals surface area (Å²) < 4.78 is 4.89. The Morgan fingerprint density at radius 2 is 2.30 bits per heavy atom. The van der Waals surface area contributed by atoms with Crippen molar-refractivity contribution in [1.82, 2.24) is 9.97 Å². The number of rotatable bonds is 2. The number of aryl methyl sites for hydroxylation is 1. The van der Waals surface area contributed by atoms with Gasteiger partial charge >= 0.3 is 0 Å². The van der Waals surface area contributed by atoms with E-state index in [1.807, 2.05) is 13.0 Å². The third-order valence-corrected chi connectivity index (χ3v) is 1.15. The third-order valence-electron chi connectivity index (χ3n) is 1.15. The SMILES string of the molecule is COCc1cc(C)ncn1. The predicted octanol–water partition coefficient (Wildman–Crippen LogP) is 0.931. The molecule has 1 heterocycles. The highest BCUT2D eigenvalue weighted by molar-refractivity contribution is 5.04. The molecule has 1 aromatic heterocycles. The smallest absolute Gasteiger partial charge is 0.116 e. The summed E-state index contributed by atoms with van der Waals surface area (Å²) >= 11 is 0. The van der Waals surface area contributed by atoms with E-state index in [4.69, 9.17) is 4.74 Å². The van der Waals surface area contributed by atoms with Crippen molar-refractivity contribution in [1.29, 1.82) is 0 Å². The molecular weight excluding hydrogens is 128 g/mol. The van der Waals surface area contributed by atoms with Crippen molar-refractivity contribution in [3.05, 3.63) is 23.8 Å². The standard InChI is InChI=1S/C7H10N2O/c1-6-3-7(4-10-2)9-5-8-6/h3,5H,4H2,1-2H3. The maximum absolute atomic E-state index is 4.89. The second-order valence-electron chi connectivity index (χ2n) is 2.08. The van der Waals surface area contributed by atoms with E-state index in [2.05, 4.69) is 9.97 Å². The van der Waals surface area contributed by atoms with E-state index in [1.165, 1.54) is 0 Å². The fraction of sp³-hybridized carbons (Fsp3) is 0.429. The van der Waals surface area contributed by atoms with Crippen LogP contribution in [0.4, 0.5) is 0 Å². The van der Waals surface area contributed by atoms with Crippen LogP contribution in [0.5, 0.6) is 0 Å². The molecule has 0 atom stereocenters. The van der Waals surface area contributed by atoms with E-state index >= 15 is 0 Å². The first kappa shape index (κ1) is 7.15. The lowest BCUT2D eigenvalue weighted by atomic mass is 10.3. The highest BCUT2D eigenvalue weighted by atomic mass is 16.5. The maximum Gasteiger partial charge on any atom is 0.116 e. The molecule has 1 aromatic rings. The first-order valence-electron chi connectivity index (χ1n) is 3.09. The molecule has 0 N–H and O–H groups in total. The normalized spacial score (nSPS) is 9.80. The zero-order chi connectivity index (χ0) is 7.40. The van der Waals surface area contributed by atoms with Gasteiger partial charge in [-0.2, -0.15) is 0 Å². The van der Waals surface area contributed by atoms with E-state index in [9.17, 15) is 0 Å². The van der Waals surface area contributed by atoms with Crippen LogP contribution in [-0.4, -0.2) is 17.1 Å². The average molecular weight is 138 g/mol. The Labute approximate surface area is 60.1 Å². The summed E-state index contributed by atoms with van der Waals surface area (Å²) in [6.45, 7) is 2.49. The minimum Gasteiger partial charge on any atom is -0.378 e. The van der Waals surface area contributed by atoms with Gasteiger partial charge in [0.15, 0.2) is 0 Å². The molecule has 0 aliphatic rings. The fourth-order valence-electron chi connectivity index (χ4n) is 0.737. The van der Waals surface area contributed by atoms with Crippen LogP contribution in [0.2, 0.25) is 0 Å². The van der Waals surface area contributed by atoms with E-state index in [-0.39, 0.29) is 0 Å². The lowest BCUT2D eigenvalue weighted by molar-refractivity contribution is 0.181. The molecule has 1 rings (SSSR count). The molecule has 0 saturated carbocycles. The van der Waals surface area contributed by atoms with Gasteiger partial charge < -0.3 is 4.74 Å². The zero-order valence-corrected chi connectivity index (χ0v) is 6.16. The van der Waals surface area contributed by atoms with Crippen molar-refractivity contribution in [3.63, 3.8) is 0 Å². The third kappa shape index (κ3) is 1.77. The van der Waals surface area contributed by atoms with Gasteiger partial charge in [-0.1, -0.05) is 0 Å². The summed E-state index contributed by atoms with van der Waals surface area (Å²) in [7, 11) is 1.65. The zero-order valence-electron chi connectivity index (χ0n) is 6.16. The lowest BCUT2D eigenvalue weighted by Crippen LogP contribution is -1.93. The molecule has 3 nitrogen and oxygen atoms in total. The number of aromatic nitrogens is 2. The quantitative estimate of drug-likeness (QED) is 0.609. The molecule has 0 aliphatic heterocycles. The molecular formula is C7H10N2O. The summed E-state index contributed by atoms with van der Waals surface area (Å²) in [6, 6.07) is 1.91. The van der Waals surface area contributed by atoms with Crippen molar-refractivity contribution in [2.75, 3.05) is 7.11 Å². The van der Waals surface area contributed by atoms with Gasteiger partial charge in [0.05, 0.1) is 12.3 Å². The molecule has 0 fully saturated rings. The molecule has 0 amide bonds. The van der Waals surface area contributed by atoms with Crippen LogP contribution in [0, 0.1) is 6.92 Å². The second-order valence-corrected chi connectivity index (χ2v) is 2.08. The van der Waals surface area contributed by atoms with Gasteiger partial charge in [0.1, 0.15) is 6.33 Å². The van der Waals surface area contributed by atoms with Gasteiger partial charge in [-0.3, -0.25) is 0 Å². The highest BCUT2D eigenvalue weighted by Gasteiger charge is 1.91. The van der Waals surface area contributed by atoms with Crippen LogP contribution < -0.4 is 0 Å². The number of hydrogen-bond acceptors (Lipinski definition) is 3. The molecule has 3 heteroatoms. The summed E-state index contributed by atoms with van der Waals surface area (Å²) in [5, 5.41) is 0. The molecule has 0 bridgehead atoms. The Balaban J connectivity index is 2.75. The molecule has 0 aliphatic carbocycles. The predicted molar refractivity (Wildman–Crippen MR) is 37.5 cm³/mol. The summed E-state index contributed by atoms with van der Waals surface area (Å²) in [4.78, 5) is 7.95. The average Bonchev–Trinajstić information content (AvgIpc) is 1.88. The Morgan fingerprint density at radius 3 is 2.90 bits per heavy atom. The van der Waals surface area contributed by atoms with Crippen LogP contribution in [0.25, 0.3) is 0 Å². The molecule has 0 aromatic carbocycles. The minimum atomic E-state index is 0.559. The van der Waals surface area contributed by atoms with Crippen LogP contribution in [0.15, 0.2) is 12.4 Å². The van der Waals surface area contributed by atoms with E-state index in [0.29, 0.717) is 6.61 Å². The Morgan fingerprint density at radius 1 is 1.50 bits per heavy atom. The maximum atomic E-state index is 4.89. The number of nitrogens with zero attached hydrogens (tertiary/aromatic N) is 2. The van der Waals surface area contributed by atoms with Gasteiger partial charge in [0, 0.05) is 12.8 Å². The summed E-state index contributed by atoms with van der Waals surface area (Å²) in [5.41, 5.74) is 1.90. The fourth-order valence-corrected chi connectivity index (χ4v) is 0.737. The first-order chi connectivity index (χ1) is 4.83. The Kier molecular flexibility index (Phi) is 2.34. The van der Waals surface area contributed by atoms with Crippen molar-refractivity contribution in [3.8, 4) is 0 Å². The van der Waals surface area contributed by atoms with Gasteiger partial charge in [0.2, 0.25) is 0 Å². The monoisotopic (exact) mass is 138 g/mol.